The molecule has 5 nitrogen and oxygen atoms in total. The van der Waals surface area contributed by atoms with Gasteiger partial charge in [-0.15, -0.1) is 0 Å². The van der Waals surface area contributed by atoms with Gasteiger partial charge in [0.15, 0.2) is 5.96 Å². The van der Waals surface area contributed by atoms with Crippen molar-refractivity contribution in [3.8, 4) is 6.07 Å². The molecule has 1 aliphatic rings. The van der Waals surface area contributed by atoms with E-state index in [4.69, 9.17) is 0 Å². The smallest absolute Gasteiger partial charge is 0.200 e. The number of nitrogens with one attached hydrogen (secondary N) is 2. The van der Waals surface area contributed by atoms with Gasteiger partial charge < -0.3 is 10.6 Å². The van der Waals surface area contributed by atoms with Gasteiger partial charge in [-0.25, -0.2) is 4.99 Å². The summed E-state index contributed by atoms with van der Waals surface area (Å²) in [6.07, 6.45) is 3.52. The van der Waals surface area contributed by atoms with Crippen LogP contribution in [-0.4, -0.2) is 17.0 Å². The van der Waals surface area contributed by atoms with Crippen molar-refractivity contribution >= 4 is 11.5 Å². The Morgan fingerprint density at radius 2 is 2.20 bits per heavy atom. The zero-order chi connectivity index (χ0) is 14.5. The Morgan fingerprint density at radius 1 is 1.40 bits per heavy atom. The Balaban J connectivity index is 2.47. The van der Waals surface area contributed by atoms with Gasteiger partial charge in [0.2, 0.25) is 0 Å². The summed E-state index contributed by atoms with van der Waals surface area (Å²) in [6, 6.07) is 7.90. The average Bonchev–Trinajstić information content (AvgIpc) is 2.44. The molecule has 0 unspecified atom stereocenters. The van der Waals surface area contributed by atoms with Crippen LogP contribution in [0.3, 0.4) is 0 Å². The quantitative estimate of drug-likeness (QED) is 0.805. The minimum atomic E-state index is 0.165. The van der Waals surface area contributed by atoms with E-state index in [9.17, 15) is 5.26 Å². The van der Waals surface area contributed by atoms with Crippen molar-refractivity contribution < 1.29 is 0 Å². The molecule has 0 saturated carbocycles. The summed E-state index contributed by atoms with van der Waals surface area (Å²) in [6.45, 7) is 5.92. The molecular formula is C15H17N5. The zero-order valence-electron chi connectivity index (χ0n) is 11.8. The molecular weight excluding hydrogens is 250 g/mol. The second-order valence-corrected chi connectivity index (χ2v) is 4.74. The molecule has 2 rings (SSSR count). The lowest BCUT2D eigenvalue weighted by Crippen LogP contribution is -2.39. The topological polar surface area (TPSA) is 73.1 Å². The second-order valence-electron chi connectivity index (χ2n) is 4.74. The molecule has 20 heavy (non-hydrogen) atoms. The standard InChI is InChI=1S/C15H17N5/c1-10(2)19-15-18-9-11(3)14(20-15)12(8-16)13-6-4-5-7-17-13/h4-7,9-10H,1-3H3,(H2,18,19,20)/b14-12+. The van der Waals surface area contributed by atoms with E-state index in [0.29, 0.717) is 17.2 Å². The third-order valence-corrected chi connectivity index (χ3v) is 2.73. The molecule has 0 fully saturated rings. The van der Waals surface area contributed by atoms with E-state index in [1.165, 1.54) is 0 Å². The summed E-state index contributed by atoms with van der Waals surface area (Å²) in [4.78, 5) is 8.65. The maximum Gasteiger partial charge on any atom is 0.200 e. The minimum Gasteiger partial charge on any atom is -0.332 e. The number of aliphatic imine (C=N–C) groups is 1. The van der Waals surface area contributed by atoms with Crippen LogP contribution in [0.4, 0.5) is 0 Å². The number of hydrogen-bond donors (Lipinski definition) is 2. The molecule has 2 N–H and O–H groups in total. The fraction of sp³-hybridized carbons (Fsp3) is 0.267. The van der Waals surface area contributed by atoms with Crippen molar-refractivity contribution in [1.29, 1.82) is 5.26 Å². The monoisotopic (exact) mass is 267 g/mol. The van der Waals surface area contributed by atoms with E-state index in [-0.39, 0.29) is 6.04 Å². The number of allylic oxidation sites excluding steroid dienone is 2. The van der Waals surface area contributed by atoms with Crippen molar-refractivity contribution in [1.82, 2.24) is 15.6 Å². The summed E-state index contributed by atoms with van der Waals surface area (Å²) in [5.41, 5.74) is 2.84. The van der Waals surface area contributed by atoms with Crippen molar-refractivity contribution in [3.05, 3.63) is 47.6 Å². The molecule has 0 aromatic carbocycles. The highest BCUT2D eigenvalue weighted by molar-refractivity contribution is 5.90. The minimum absolute atomic E-state index is 0.165. The predicted octanol–water partition coefficient (Wildman–Crippen LogP) is 2.18. The number of nitrogens with zero attached hydrogens (tertiary/aromatic N) is 3. The fourth-order valence-corrected chi connectivity index (χ4v) is 1.84. The van der Waals surface area contributed by atoms with Crippen molar-refractivity contribution in [2.45, 2.75) is 26.8 Å². The van der Waals surface area contributed by atoms with E-state index in [0.717, 1.165) is 11.3 Å². The number of hydrogen-bond acceptors (Lipinski definition) is 3. The van der Waals surface area contributed by atoms with Crippen LogP contribution in [0.5, 0.6) is 0 Å². The second kappa shape index (κ2) is 6.02. The molecule has 102 valence electrons. The van der Waals surface area contributed by atoms with Crippen LogP contribution in [0.15, 0.2) is 46.9 Å². The molecule has 0 radical (unpaired) electrons. The van der Waals surface area contributed by atoms with Gasteiger partial charge in [0.25, 0.3) is 0 Å². The van der Waals surface area contributed by atoms with Gasteiger partial charge in [-0.05, 0) is 38.5 Å². The summed E-state index contributed by atoms with van der Waals surface area (Å²) >= 11 is 0. The number of guanidine groups is 1. The summed E-state index contributed by atoms with van der Waals surface area (Å²) < 4.78 is 0. The van der Waals surface area contributed by atoms with Crippen LogP contribution in [0.1, 0.15) is 26.5 Å². The number of pyridine rings is 1. The molecule has 0 spiro atoms. The van der Waals surface area contributed by atoms with Crippen molar-refractivity contribution in [2.75, 3.05) is 0 Å². The van der Waals surface area contributed by atoms with Crippen molar-refractivity contribution in [3.63, 3.8) is 0 Å². The first kappa shape index (κ1) is 13.8. The van der Waals surface area contributed by atoms with Crippen LogP contribution < -0.4 is 10.6 Å². The largest absolute Gasteiger partial charge is 0.332 e. The summed E-state index contributed by atoms with van der Waals surface area (Å²) in [5, 5.41) is 15.7. The molecule has 0 atom stereocenters. The summed E-state index contributed by atoms with van der Waals surface area (Å²) in [5.74, 6) is 0.643. The van der Waals surface area contributed by atoms with Crippen molar-refractivity contribution in [2.24, 2.45) is 4.99 Å². The van der Waals surface area contributed by atoms with Crippen LogP contribution in [0, 0.1) is 11.3 Å². The van der Waals surface area contributed by atoms with Crippen LogP contribution in [0.25, 0.3) is 5.57 Å². The average molecular weight is 267 g/mol. The molecule has 2 heterocycles. The van der Waals surface area contributed by atoms with Gasteiger partial charge in [-0.3, -0.25) is 4.98 Å². The lowest BCUT2D eigenvalue weighted by molar-refractivity contribution is 0.809. The Labute approximate surface area is 118 Å². The maximum atomic E-state index is 9.44. The third-order valence-electron chi connectivity index (χ3n) is 2.73. The normalized spacial score (nSPS) is 18.9. The molecule has 0 aliphatic carbocycles. The van der Waals surface area contributed by atoms with Crippen LogP contribution in [0.2, 0.25) is 0 Å². The molecule has 1 aliphatic heterocycles. The number of aromatic nitrogens is 1. The van der Waals surface area contributed by atoms with E-state index in [1.807, 2.05) is 45.2 Å². The highest BCUT2D eigenvalue weighted by atomic mass is 15.2. The lowest BCUT2D eigenvalue weighted by Gasteiger charge is -2.21. The molecule has 0 amide bonds. The molecule has 5 heteroatoms. The summed E-state index contributed by atoms with van der Waals surface area (Å²) in [7, 11) is 0. The Bertz CT molecular complexity index is 617. The molecule has 0 saturated heterocycles. The molecule has 1 aromatic heterocycles. The highest BCUT2D eigenvalue weighted by Gasteiger charge is 2.17. The Hall–Kier alpha value is -2.61. The first-order valence-electron chi connectivity index (χ1n) is 6.46. The molecule has 1 aromatic rings. The molecule has 0 bridgehead atoms. The van der Waals surface area contributed by atoms with E-state index >= 15 is 0 Å². The van der Waals surface area contributed by atoms with Gasteiger partial charge in [0.1, 0.15) is 11.6 Å². The maximum absolute atomic E-state index is 9.44. The van der Waals surface area contributed by atoms with Crippen LogP contribution >= 0.6 is 0 Å². The fourth-order valence-electron chi connectivity index (χ4n) is 1.84. The van der Waals surface area contributed by atoms with E-state index in [2.05, 4.69) is 26.7 Å². The van der Waals surface area contributed by atoms with Crippen LogP contribution in [-0.2, 0) is 0 Å². The number of rotatable bonds is 2. The first-order valence-corrected chi connectivity index (χ1v) is 6.46. The number of nitriles is 1. The SMILES string of the molecule is CC1=CNC(=NC(C)C)N/C1=C(\C#N)c1ccccn1. The first-order chi connectivity index (χ1) is 9.61. The Kier molecular flexibility index (Phi) is 4.16. The van der Waals surface area contributed by atoms with E-state index < -0.39 is 0 Å². The van der Waals surface area contributed by atoms with E-state index in [1.54, 1.807) is 6.20 Å². The lowest BCUT2D eigenvalue weighted by atomic mass is 10.1. The van der Waals surface area contributed by atoms with Gasteiger partial charge in [0, 0.05) is 18.4 Å². The van der Waals surface area contributed by atoms with Gasteiger partial charge >= 0.3 is 0 Å². The van der Waals surface area contributed by atoms with Gasteiger partial charge in [-0.2, -0.15) is 5.26 Å². The zero-order valence-corrected chi connectivity index (χ0v) is 11.8. The highest BCUT2D eigenvalue weighted by Crippen LogP contribution is 2.21. The third kappa shape index (κ3) is 3.04. The van der Waals surface area contributed by atoms with Gasteiger partial charge in [0.05, 0.1) is 11.4 Å². The Morgan fingerprint density at radius 3 is 2.80 bits per heavy atom. The predicted molar refractivity (Wildman–Crippen MR) is 79.4 cm³/mol. The van der Waals surface area contributed by atoms with Gasteiger partial charge in [-0.1, -0.05) is 6.07 Å².